The van der Waals surface area contributed by atoms with E-state index in [-0.39, 0.29) is 0 Å². The van der Waals surface area contributed by atoms with Gasteiger partial charge in [0, 0.05) is 27.7 Å². The van der Waals surface area contributed by atoms with E-state index >= 15 is 0 Å². The predicted octanol–water partition coefficient (Wildman–Crippen LogP) is 1.54. The summed E-state index contributed by atoms with van der Waals surface area (Å²) in [5.41, 5.74) is 0.973. The fraction of sp³-hybridized carbons (Fsp3) is 0.583. The number of hydrogen-bond donors (Lipinski definition) is 1. The molecule has 0 aliphatic carbocycles. The third-order valence-corrected chi connectivity index (χ3v) is 4.18. The number of anilines is 2. The Morgan fingerprint density at radius 1 is 1.26 bits per heavy atom. The summed E-state index contributed by atoms with van der Waals surface area (Å²) in [4.78, 5) is 6.21. The van der Waals surface area contributed by atoms with Crippen LogP contribution in [0.5, 0.6) is 0 Å². The molecule has 1 heterocycles. The third-order valence-electron chi connectivity index (χ3n) is 2.75. The van der Waals surface area contributed by atoms with Gasteiger partial charge >= 0.3 is 10.2 Å². The lowest BCUT2D eigenvalue weighted by Crippen LogP contribution is -2.29. The lowest BCUT2D eigenvalue weighted by atomic mass is 10.3. The normalized spacial score (nSPS) is 11.6. The van der Waals surface area contributed by atoms with Crippen LogP contribution in [0.15, 0.2) is 18.3 Å². The first kappa shape index (κ1) is 15.7. The minimum absolute atomic E-state index is 0.321. The Kier molecular flexibility index (Phi) is 5.56. The van der Waals surface area contributed by atoms with Crippen LogP contribution in [-0.4, -0.2) is 45.4 Å². The Bertz CT molecular complexity index is 485. The van der Waals surface area contributed by atoms with Gasteiger partial charge in [-0.15, -0.1) is 0 Å². The first-order chi connectivity index (χ1) is 8.86. The molecule has 1 aromatic heterocycles. The van der Waals surface area contributed by atoms with Crippen LogP contribution >= 0.6 is 0 Å². The molecule has 0 fully saturated rings. The number of hydrogen-bond acceptors (Lipinski definition) is 4. The molecule has 1 N–H and O–H groups in total. The molecular weight excluding hydrogens is 264 g/mol. The fourth-order valence-electron chi connectivity index (χ4n) is 1.42. The maximum absolute atomic E-state index is 11.6. The van der Waals surface area contributed by atoms with Crippen molar-refractivity contribution in [2.45, 2.75) is 19.8 Å². The van der Waals surface area contributed by atoms with E-state index in [1.165, 1.54) is 14.1 Å². The number of nitrogens with zero attached hydrogens (tertiary/aromatic N) is 3. The standard InChI is InChI=1S/C12H22N4O2S/c1-5-6-9-16(4)11-7-8-12(13-10-11)14-19(17,18)15(2)3/h7-8,10H,5-6,9H2,1-4H3,(H,13,14). The lowest BCUT2D eigenvalue weighted by molar-refractivity contribution is 0.526. The molecule has 6 nitrogen and oxygen atoms in total. The van der Waals surface area contributed by atoms with Crippen LogP contribution in [0.1, 0.15) is 19.8 Å². The zero-order valence-electron chi connectivity index (χ0n) is 11.9. The highest BCUT2D eigenvalue weighted by Crippen LogP contribution is 2.15. The van der Waals surface area contributed by atoms with Crippen molar-refractivity contribution in [3.05, 3.63) is 18.3 Å². The maximum atomic E-state index is 11.6. The van der Waals surface area contributed by atoms with Crippen LogP contribution in [-0.2, 0) is 10.2 Å². The summed E-state index contributed by atoms with van der Waals surface area (Å²) in [6.07, 6.45) is 3.92. The molecule has 1 rings (SSSR count). The molecule has 0 aliphatic rings. The predicted molar refractivity (Wildman–Crippen MR) is 78.6 cm³/mol. The van der Waals surface area contributed by atoms with Gasteiger partial charge in [-0.3, -0.25) is 4.72 Å². The molecule has 0 saturated carbocycles. The van der Waals surface area contributed by atoms with E-state index in [0.717, 1.165) is 29.4 Å². The summed E-state index contributed by atoms with van der Waals surface area (Å²) >= 11 is 0. The van der Waals surface area contributed by atoms with E-state index < -0.39 is 10.2 Å². The van der Waals surface area contributed by atoms with Gasteiger partial charge < -0.3 is 4.90 Å². The van der Waals surface area contributed by atoms with Crippen molar-refractivity contribution in [2.75, 3.05) is 37.3 Å². The molecule has 0 unspecified atom stereocenters. The second kappa shape index (κ2) is 6.72. The molecule has 0 aliphatic heterocycles. The largest absolute Gasteiger partial charge is 0.373 e. The van der Waals surface area contributed by atoms with E-state index in [1.807, 2.05) is 13.1 Å². The van der Waals surface area contributed by atoms with Gasteiger partial charge in [0.05, 0.1) is 11.9 Å². The first-order valence-corrected chi connectivity index (χ1v) is 7.68. The number of pyridine rings is 1. The van der Waals surface area contributed by atoms with Gasteiger partial charge in [-0.1, -0.05) is 13.3 Å². The van der Waals surface area contributed by atoms with Gasteiger partial charge in [0.1, 0.15) is 5.82 Å². The van der Waals surface area contributed by atoms with Gasteiger partial charge in [-0.2, -0.15) is 12.7 Å². The van der Waals surface area contributed by atoms with Crippen molar-refractivity contribution in [1.29, 1.82) is 0 Å². The van der Waals surface area contributed by atoms with Crippen molar-refractivity contribution in [3.8, 4) is 0 Å². The first-order valence-electron chi connectivity index (χ1n) is 6.24. The van der Waals surface area contributed by atoms with E-state index in [0.29, 0.717) is 5.82 Å². The molecule has 7 heteroatoms. The van der Waals surface area contributed by atoms with Crippen LogP contribution in [0.2, 0.25) is 0 Å². The summed E-state index contributed by atoms with van der Waals surface area (Å²) in [5, 5.41) is 0. The summed E-state index contributed by atoms with van der Waals surface area (Å²) < 4.78 is 26.8. The number of nitrogens with one attached hydrogen (secondary N) is 1. The Morgan fingerprint density at radius 2 is 1.95 bits per heavy atom. The van der Waals surface area contributed by atoms with Crippen LogP contribution in [0, 0.1) is 0 Å². The van der Waals surface area contributed by atoms with E-state index in [1.54, 1.807) is 12.3 Å². The van der Waals surface area contributed by atoms with E-state index in [4.69, 9.17) is 0 Å². The summed E-state index contributed by atoms with van der Waals surface area (Å²) in [6.45, 7) is 3.10. The summed E-state index contributed by atoms with van der Waals surface area (Å²) in [5.74, 6) is 0.321. The van der Waals surface area contributed by atoms with Crippen LogP contribution < -0.4 is 9.62 Å². The van der Waals surface area contributed by atoms with Gasteiger partial charge in [0.2, 0.25) is 0 Å². The Balaban J connectivity index is 2.72. The number of rotatable bonds is 7. The molecule has 0 saturated heterocycles. The molecule has 0 spiro atoms. The topological polar surface area (TPSA) is 65.5 Å². The third kappa shape index (κ3) is 4.68. The average molecular weight is 286 g/mol. The molecule has 1 aromatic rings. The van der Waals surface area contributed by atoms with Crippen molar-refractivity contribution >= 4 is 21.7 Å². The zero-order chi connectivity index (χ0) is 14.5. The second-order valence-electron chi connectivity index (χ2n) is 4.57. The maximum Gasteiger partial charge on any atom is 0.302 e. The van der Waals surface area contributed by atoms with Crippen molar-refractivity contribution in [2.24, 2.45) is 0 Å². The minimum atomic E-state index is -3.49. The SMILES string of the molecule is CCCCN(C)c1ccc(NS(=O)(=O)N(C)C)nc1. The smallest absolute Gasteiger partial charge is 0.302 e. The van der Waals surface area contributed by atoms with Gasteiger partial charge in [0.15, 0.2) is 0 Å². The Labute approximate surface area is 115 Å². The van der Waals surface area contributed by atoms with Crippen LogP contribution in [0.4, 0.5) is 11.5 Å². The van der Waals surface area contributed by atoms with Crippen LogP contribution in [0.25, 0.3) is 0 Å². The Morgan fingerprint density at radius 3 is 2.42 bits per heavy atom. The monoisotopic (exact) mass is 286 g/mol. The molecule has 19 heavy (non-hydrogen) atoms. The molecular formula is C12H22N4O2S. The highest BCUT2D eigenvalue weighted by Gasteiger charge is 2.13. The molecule has 0 atom stereocenters. The fourth-order valence-corrected chi connectivity index (χ4v) is 1.99. The minimum Gasteiger partial charge on any atom is -0.373 e. The average Bonchev–Trinajstić information content (AvgIpc) is 2.36. The van der Waals surface area contributed by atoms with E-state index in [9.17, 15) is 8.42 Å². The van der Waals surface area contributed by atoms with Crippen molar-refractivity contribution < 1.29 is 8.42 Å². The molecule has 0 amide bonds. The lowest BCUT2D eigenvalue weighted by Gasteiger charge is -2.19. The van der Waals surface area contributed by atoms with Gasteiger partial charge in [0.25, 0.3) is 0 Å². The highest BCUT2D eigenvalue weighted by molar-refractivity contribution is 7.90. The number of unbranched alkanes of at least 4 members (excludes halogenated alkanes) is 1. The Hall–Kier alpha value is -1.34. The zero-order valence-corrected chi connectivity index (χ0v) is 12.7. The highest BCUT2D eigenvalue weighted by atomic mass is 32.2. The summed E-state index contributed by atoms with van der Waals surface area (Å²) in [7, 11) is 1.44. The molecule has 0 bridgehead atoms. The summed E-state index contributed by atoms with van der Waals surface area (Å²) in [6, 6.07) is 3.52. The van der Waals surface area contributed by atoms with Crippen molar-refractivity contribution in [3.63, 3.8) is 0 Å². The molecule has 0 aromatic carbocycles. The molecule has 0 radical (unpaired) electrons. The van der Waals surface area contributed by atoms with Crippen molar-refractivity contribution in [1.82, 2.24) is 9.29 Å². The second-order valence-corrected chi connectivity index (χ2v) is 6.45. The van der Waals surface area contributed by atoms with Gasteiger partial charge in [-0.05, 0) is 18.6 Å². The molecule has 108 valence electrons. The quantitative estimate of drug-likeness (QED) is 0.825. The van der Waals surface area contributed by atoms with Crippen LogP contribution in [0.3, 0.4) is 0 Å². The van der Waals surface area contributed by atoms with Gasteiger partial charge in [-0.25, -0.2) is 4.98 Å². The number of aromatic nitrogens is 1. The van der Waals surface area contributed by atoms with E-state index in [2.05, 4.69) is 21.5 Å².